The van der Waals surface area contributed by atoms with E-state index in [-0.39, 0.29) is 5.92 Å². The number of rotatable bonds is 3. The van der Waals surface area contributed by atoms with E-state index in [4.69, 9.17) is 14.2 Å². The van der Waals surface area contributed by atoms with Crippen LogP contribution >= 0.6 is 0 Å². The standard InChI is InChI=1S/C21H30O8/c1-10-4-6-13-12(3)20(26)27-15(13)8-11(2)14(7-5-10)28-21-19(25)18(24)17(23)16(9-22)29-21/h5,8,13-19,21-25H,3-4,6-7,9H2,1-2H3. The van der Waals surface area contributed by atoms with Crippen LogP contribution in [0.1, 0.15) is 33.1 Å². The van der Waals surface area contributed by atoms with Gasteiger partial charge in [-0.3, -0.25) is 0 Å². The number of hydrogen-bond donors (Lipinski definition) is 4. The summed E-state index contributed by atoms with van der Waals surface area (Å²) in [5.41, 5.74) is 2.39. The van der Waals surface area contributed by atoms with Crippen molar-refractivity contribution in [3.63, 3.8) is 0 Å². The van der Waals surface area contributed by atoms with Gasteiger partial charge in [0.2, 0.25) is 0 Å². The van der Waals surface area contributed by atoms with E-state index in [1.807, 2.05) is 26.0 Å². The smallest absolute Gasteiger partial charge is 0.334 e. The minimum Gasteiger partial charge on any atom is -0.454 e. The van der Waals surface area contributed by atoms with Crippen molar-refractivity contribution < 1.29 is 39.4 Å². The number of hydrogen-bond acceptors (Lipinski definition) is 8. The highest BCUT2D eigenvalue weighted by molar-refractivity contribution is 5.91. The van der Waals surface area contributed by atoms with Crippen LogP contribution in [0.3, 0.4) is 0 Å². The Morgan fingerprint density at radius 1 is 1.21 bits per heavy atom. The molecule has 4 N–H and O–H groups in total. The molecule has 8 unspecified atom stereocenters. The fourth-order valence-electron chi connectivity index (χ4n) is 3.97. The van der Waals surface area contributed by atoms with Gasteiger partial charge in [0.05, 0.1) is 12.7 Å². The Balaban J connectivity index is 1.83. The topological polar surface area (TPSA) is 126 Å². The zero-order valence-electron chi connectivity index (χ0n) is 16.7. The molecular formula is C21H30O8. The van der Waals surface area contributed by atoms with Gasteiger partial charge in [-0.05, 0) is 44.8 Å². The Hall–Kier alpha value is -1.55. The first-order valence-corrected chi connectivity index (χ1v) is 9.92. The molecule has 2 heterocycles. The van der Waals surface area contributed by atoms with E-state index in [1.165, 1.54) is 0 Å². The summed E-state index contributed by atoms with van der Waals surface area (Å²) in [5, 5.41) is 39.6. The van der Waals surface area contributed by atoms with Crippen molar-refractivity contribution in [2.24, 2.45) is 5.92 Å². The Kier molecular flexibility index (Phi) is 6.93. The van der Waals surface area contributed by atoms with E-state index < -0.39 is 55.5 Å². The molecule has 0 amide bonds. The van der Waals surface area contributed by atoms with Crippen LogP contribution < -0.4 is 0 Å². The van der Waals surface area contributed by atoms with E-state index in [1.54, 1.807) is 0 Å². The number of fused-ring (bicyclic) bond motifs is 1. The predicted molar refractivity (Wildman–Crippen MR) is 103 cm³/mol. The Bertz CT molecular complexity index is 697. The molecule has 0 bridgehead atoms. The van der Waals surface area contributed by atoms with Crippen LogP contribution in [0.5, 0.6) is 0 Å². The monoisotopic (exact) mass is 410 g/mol. The van der Waals surface area contributed by atoms with Crippen LogP contribution in [0.25, 0.3) is 0 Å². The molecule has 8 heteroatoms. The first-order valence-electron chi connectivity index (χ1n) is 9.92. The van der Waals surface area contributed by atoms with Gasteiger partial charge in [0, 0.05) is 11.5 Å². The molecule has 8 nitrogen and oxygen atoms in total. The highest BCUT2D eigenvalue weighted by Crippen LogP contribution is 2.35. The molecule has 8 atom stereocenters. The minimum absolute atomic E-state index is 0.105. The van der Waals surface area contributed by atoms with Crippen LogP contribution in [0.15, 0.2) is 35.5 Å². The SMILES string of the molecule is C=C1C(=O)OC2C=C(C)C(OC3OC(CO)C(O)C(O)C3O)CC=C(C)CCC12. The lowest BCUT2D eigenvalue weighted by atomic mass is 9.87. The Morgan fingerprint density at radius 2 is 1.93 bits per heavy atom. The summed E-state index contributed by atoms with van der Waals surface area (Å²) in [6.07, 6.45) is -1.71. The maximum absolute atomic E-state index is 12.0. The maximum Gasteiger partial charge on any atom is 0.334 e. The first-order chi connectivity index (χ1) is 13.7. The molecule has 2 fully saturated rings. The van der Waals surface area contributed by atoms with Gasteiger partial charge in [0.15, 0.2) is 6.29 Å². The molecule has 1 aliphatic carbocycles. The lowest BCUT2D eigenvalue weighted by Gasteiger charge is -2.41. The summed E-state index contributed by atoms with van der Waals surface area (Å²) in [6, 6.07) is 0. The number of aliphatic hydroxyl groups excluding tert-OH is 4. The molecule has 3 rings (SSSR count). The Labute approximate surface area is 170 Å². The highest BCUT2D eigenvalue weighted by Gasteiger charge is 2.45. The average Bonchev–Trinajstić information content (AvgIpc) is 2.95. The van der Waals surface area contributed by atoms with Crippen LogP contribution in [0.2, 0.25) is 0 Å². The molecule has 0 aromatic rings. The van der Waals surface area contributed by atoms with Gasteiger partial charge in [0.1, 0.15) is 30.5 Å². The fraction of sp³-hybridized carbons (Fsp3) is 0.667. The maximum atomic E-state index is 12.0. The van der Waals surface area contributed by atoms with Gasteiger partial charge >= 0.3 is 5.97 Å². The van der Waals surface area contributed by atoms with E-state index >= 15 is 0 Å². The third kappa shape index (κ3) is 4.63. The number of esters is 1. The van der Waals surface area contributed by atoms with Crippen LogP contribution in [-0.2, 0) is 19.0 Å². The lowest BCUT2D eigenvalue weighted by molar-refractivity contribution is -0.308. The van der Waals surface area contributed by atoms with Crippen LogP contribution in [-0.4, -0.2) is 75.9 Å². The summed E-state index contributed by atoms with van der Waals surface area (Å²) in [6.45, 7) is 7.19. The van der Waals surface area contributed by atoms with Gasteiger partial charge in [-0.1, -0.05) is 18.2 Å². The van der Waals surface area contributed by atoms with Crippen molar-refractivity contribution in [1.82, 2.24) is 0 Å². The average molecular weight is 410 g/mol. The van der Waals surface area contributed by atoms with Crippen molar-refractivity contribution in [2.45, 2.75) is 76.0 Å². The quantitative estimate of drug-likeness (QED) is 0.298. The van der Waals surface area contributed by atoms with Crippen molar-refractivity contribution in [3.05, 3.63) is 35.5 Å². The molecule has 2 aliphatic heterocycles. The second-order valence-corrected chi connectivity index (χ2v) is 8.06. The lowest BCUT2D eigenvalue weighted by Crippen LogP contribution is -2.59. The van der Waals surface area contributed by atoms with Crippen LogP contribution in [0.4, 0.5) is 0 Å². The number of carbonyl (C=O) groups is 1. The van der Waals surface area contributed by atoms with E-state index in [0.29, 0.717) is 12.0 Å². The summed E-state index contributed by atoms with van der Waals surface area (Å²) in [5.74, 6) is -0.497. The van der Waals surface area contributed by atoms with Crippen molar-refractivity contribution >= 4 is 5.97 Å². The second kappa shape index (κ2) is 9.07. The highest BCUT2D eigenvalue weighted by atomic mass is 16.7. The third-order valence-electron chi connectivity index (χ3n) is 5.96. The van der Waals surface area contributed by atoms with Gasteiger partial charge < -0.3 is 34.6 Å². The van der Waals surface area contributed by atoms with Gasteiger partial charge in [-0.25, -0.2) is 4.79 Å². The summed E-state index contributed by atoms with van der Waals surface area (Å²) < 4.78 is 16.9. The summed E-state index contributed by atoms with van der Waals surface area (Å²) in [7, 11) is 0. The van der Waals surface area contributed by atoms with Crippen LogP contribution in [0, 0.1) is 5.92 Å². The molecular weight excluding hydrogens is 380 g/mol. The normalized spacial score (nSPS) is 41.3. The third-order valence-corrected chi connectivity index (χ3v) is 5.96. The van der Waals surface area contributed by atoms with E-state index in [9.17, 15) is 25.2 Å². The molecule has 2 saturated heterocycles. The van der Waals surface area contributed by atoms with Gasteiger partial charge in [-0.15, -0.1) is 0 Å². The number of allylic oxidation sites excluding steroid dienone is 1. The summed E-state index contributed by atoms with van der Waals surface area (Å²) >= 11 is 0. The zero-order valence-corrected chi connectivity index (χ0v) is 16.7. The molecule has 3 aliphatic rings. The minimum atomic E-state index is -1.50. The van der Waals surface area contributed by atoms with Crippen molar-refractivity contribution in [1.29, 1.82) is 0 Å². The molecule has 0 aromatic heterocycles. The summed E-state index contributed by atoms with van der Waals surface area (Å²) in [4.78, 5) is 12.0. The largest absolute Gasteiger partial charge is 0.454 e. The zero-order chi connectivity index (χ0) is 21.3. The number of aliphatic hydroxyl groups is 4. The second-order valence-electron chi connectivity index (χ2n) is 8.06. The number of ether oxygens (including phenoxy) is 3. The van der Waals surface area contributed by atoms with E-state index in [2.05, 4.69) is 6.58 Å². The molecule has 162 valence electrons. The fourth-order valence-corrected chi connectivity index (χ4v) is 3.97. The first kappa shape index (κ1) is 22.1. The van der Waals surface area contributed by atoms with E-state index in [0.717, 1.165) is 24.0 Å². The molecule has 0 saturated carbocycles. The molecule has 0 spiro atoms. The molecule has 0 radical (unpaired) electrons. The van der Waals surface area contributed by atoms with Crippen molar-refractivity contribution in [3.8, 4) is 0 Å². The van der Waals surface area contributed by atoms with Crippen molar-refractivity contribution in [2.75, 3.05) is 6.61 Å². The molecule has 29 heavy (non-hydrogen) atoms. The molecule has 0 aromatic carbocycles. The predicted octanol–water partition coefficient (Wildman–Crippen LogP) is 0.346. The van der Waals surface area contributed by atoms with Gasteiger partial charge in [0.25, 0.3) is 0 Å². The number of carbonyl (C=O) groups excluding carboxylic acids is 1. The van der Waals surface area contributed by atoms with Gasteiger partial charge in [-0.2, -0.15) is 0 Å². The Morgan fingerprint density at radius 3 is 2.62 bits per heavy atom.